The number of nitrogens with one attached hydrogen (secondary N) is 1. The third-order valence-electron chi connectivity index (χ3n) is 3.91. The van der Waals surface area contributed by atoms with E-state index in [1.165, 1.54) is 0 Å². The molecule has 0 unspecified atom stereocenters. The molecule has 1 aliphatic heterocycles. The van der Waals surface area contributed by atoms with E-state index in [0.29, 0.717) is 22.4 Å². The minimum Gasteiger partial charge on any atom is -0.467 e. The number of halogens is 2. The van der Waals surface area contributed by atoms with Crippen LogP contribution in [-0.2, 0) is 0 Å². The molecular formula is C15H13Cl2N5O. The number of benzene rings is 1. The van der Waals surface area contributed by atoms with E-state index in [9.17, 15) is 0 Å². The Morgan fingerprint density at radius 2 is 2.17 bits per heavy atom. The first-order chi connectivity index (χ1) is 11.1. The van der Waals surface area contributed by atoms with Gasteiger partial charge in [0.05, 0.1) is 12.3 Å². The Bertz CT molecular complexity index is 846. The molecule has 2 atom stereocenters. The van der Waals surface area contributed by atoms with Crippen molar-refractivity contribution in [1.29, 1.82) is 0 Å². The van der Waals surface area contributed by atoms with E-state index in [0.717, 1.165) is 11.3 Å². The summed E-state index contributed by atoms with van der Waals surface area (Å²) in [5.41, 5.74) is 6.70. The lowest BCUT2D eigenvalue weighted by atomic mass is 9.96. The van der Waals surface area contributed by atoms with E-state index < -0.39 is 0 Å². The molecule has 0 saturated heterocycles. The van der Waals surface area contributed by atoms with Crippen LogP contribution in [0.5, 0.6) is 0 Å². The third-order valence-corrected chi connectivity index (χ3v) is 4.48. The van der Waals surface area contributed by atoms with Crippen molar-refractivity contribution in [2.45, 2.75) is 18.5 Å². The number of hydrogen-bond acceptors (Lipinski definition) is 5. The van der Waals surface area contributed by atoms with Crippen LogP contribution in [0.3, 0.4) is 0 Å². The summed E-state index contributed by atoms with van der Waals surface area (Å²) in [5, 5.41) is 8.79. The monoisotopic (exact) mass is 349 g/mol. The molecule has 3 N–H and O–H groups in total. The van der Waals surface area contributed by atoms with Crippen LogP contribution in [0.2, 0.25) is 10.0 Å². The van der Waals surface area contributed by atoms with Crippen LogP contribution in [0.15, 0.2) is 41.0 Å². The summed E-state index contributed by atoms with van der Waals surface area (Å²) in [7, 11) is 0. The summed E-state index contributed by atoms with van der Waals surface area (Å²) in [6.45, 7) is 0. The average molecular weight is 350 g/mol. The van der Waals surface area contributed by atoms with Crippen molar-refractivity contribution in [3.05, 3.63) is 58.0 Å². The number of aromatic nitrogens is 3. The van der Waals surface area contributed by atoms with Crippen molar-refractivity contribution < 1.29 is 4.42 Å². The Hall–Kier alpha value is -2.18. The molecule has 0 spiro atoms. The highest BCUT2D eigenvalue weighted by molar-refractivity contribution is 6.35. The zero-order chi connectivity index (χ0) is 16.0. The molecule has 1 aliphatic rings. The molecule has 0 aliphatic carbocycles. The molecule has 3 aromatic rings. The summed E-state index contributed by atoms with van der Waals surface area (Å²) in [6, 6.07) is 9.07. The Kier molecular flexibility index (Phi) is 3.43. The van der Waals surface area contributed by atoms with Gasteiger partial charge in [0.1, 0.15) is 11.8 Å². The topological polar surface area (TPSA) is 81.9 Å². The minimum atomic E-state index is -0.109. The largest absolute Gasteiger partial charge is 0.467 e. The van der Waals surface area contributed by atoms with Crippen molar-refractivity contribution in [3.63, 3.8) is 0 Å². The second-order valence-corrected chi connectivity index (χ2v) is 6.21. The normalized spacial score (nSPS) is 20.1. The quantitative estimate of drug-likeness (QED) is 0.732. The summed E-state index contributed by atoms with van der Waals surface area (Å²) in [6.07, 6.45) is 2.34. The van der Waals surface area contributed by atoms with Gasteiger partial charge in [0.2, 0.25) is 11.9 Å². The highest BCUT2D eigenvalue weighted by atomic mass is 35.5. The molecule has 0 amide bonds. The van der Waals surface area contributed by atoms with Crippen molar-refractivity contribution in [3.8, 4) is 0 Å². The maximum absolute atomic E-state index is 6.35. The van der Waals surface area contributed by atoms with Gasteiger partial charge in [-0.25, -0.2) is 4.68 Å². The average Bonchev–Trinajstić information content (AvgIpc) is 3.14. The first kappa shape index (κ1) is 14.4. The molecule has 1 aromatic carbocycles. The fraction of sp³-hybridized carbons (Fsp3) is 0.200. The number of furan rings is 1. The van der Waals surface area contributed by atoms with Crippen LogP contribution >= 0.6 is 23.2 Å². The highest BCUT2D eigenvalue weighted by Gasteiger charge is 2.33. The fourth-order valence-corrected chi connectivity index (χ4v) is 3.44. The van der Waals surface area contributed by atoms with Crippen molar-refractivity contribution in [2.75, 3.05) is 11.1 Å². The predicted molar refractivity (Wildman–Crippen MR) is 88.7 cm³/mol. The Morgan fingerprint density at radius 3 is 2.91 bits per heavy atom. The van der Waals surface area contributed by atoms with E-state index in [4.69, 9.17) is 33.4 Å². The second kappa shape index (κ2) is 5.47. The number of nitrogen functional groups attached to an aromatic ring is 1. The molecule has 6 nitrogen and oxygen atoms in total. The smallest absolute Gasteiger partial charge is 0.241 e. The molecular weight excluding hydrogens is 337 g/mol. The van der Waals surface area contributed by atoms with Gasteiger partial charge in [-0.05, 0) is 29.8 Å². The third kappa shape index (κ3) is 2.54. The molecule has 23 heavy (non-hydrogen) atoms. The van der Waals surface area contributed by atoms with Gasteiger partial charge in [-0.1, -0.05) is 29.3 Å². The van der Waals surface area contributed by atoms with E-state index in [2.05, 4.69) is 15.4 Å². The number of nitrogens with zero attached hydrogens (tertiary/aromatic N) is 3. The number of nitrogens with two attached hydrogens (primary N) is 1. The number of anilines is 2. The first-order valence-electron chi connectivity index (χ1n) is 7.08. The van der Waals surface area contributed by atoms with Crippen LogP contribution in [0.4, 0.5) is 11.9 Å². The van der Waals surface area contributed by atoms with Crippen molar-refractivity contribution >= 4 is 35.1 Å². The number of fused-ring (bicyclic) bond motifs is 1. The zero-order valence-electron chi connectivity index (χ0n) is 11.9. The molecule has 0 saturated carbocycles. The molecule has 0 bridgehead atoms. The maximum atomic E-state index is 6.35. The Morgan fingerprint density at radius 1 is 1.30 bits per heavy atom. The van der Waals surface area contributed by atoms with Gasteiger partial charge in [-0.15, -0.1) is 5.10 Å². The SMILES string of the molecule is Nc1nc2n(n1)[C@H](c1ccco1)C[C@@H](c1ccc(Cl)cc1Cl)N2. The minimum absolute atomic E-state index is 0.0500. The summed E-state index contributed by atoms with van der Waals surface area (Å²) in [5.74, 6) is 1.60. The first-order valence-corrected chi connectivity index (χ1v) is 7.84. The Balaban J connectivity index is 1.77. The standard InChI is InChI=1S/C15H13Cl2N5O/c16-8-3-4-9(10(17)6-8)11-7-12(13-2-1-5-23-13)22-15(19-11)20-14(18)21-22/h1-6,11-12H,7H2,(H3,18,19,20,21)/t11-,12-/m0/s1. The molecule has 3 heterocycles. The van der Waals surface area contributed by atoms with Crippen molar-refractivity contribution in [2.24, 2.45) is 0 Å². The van der Waals surface area contributed by atoms with E-state index in [-0.39, 0.29) is 18.0 Å². The summed E-state index contributed by atoms with van der Waals surface area (Å²) >= 11 is 12.3. The maximum Gasteiger partial charge on any atom is 0.241 e. The zero-order valence-corrected chi connectivity index (χ0v) is 13.4. The van der Waals surface area contributed by atoms with E-state index >= 15 is 0 Å². The molecule has 118 valence electrons. The fourth-order valence-electron chi connectivity index (χ4n) is 2.90. The van der Waals surface area contributed by atoms with Crippen LogP contribution < -0.4 is 11.1 Å². The van der Waals surface area contributed by atoms with Gasteiger partial charge in [0.15, 0.2) is 0 Å². The van der Waals surface area contributed by atoms with Gasteiger partial charge in [0.25, 0.3) is 0 Å². The lowest BCUT2D eigenvalue weighted by Crippen LogP contribution is -2.28. The van der Waals surface area contributed by atoms with Crippen LogP contribution in [0.1, 0.15) is 29.8 Å². The molecule has 4 rings (SSSR count). The lowest BCUT2D eigenvalue weighted by Gasteiger charge is -2.30. The molecule has 2 aromatic heterocycles. The van der Waals surface area contributed by atoms with Gasteiger partial charge in [-0.3, -0.25) is 0 Å². The summed E-state index contributed by atoms with van der Waals surface area (Å²) in [4.78, 5) is 4.24. The Labute approximate surface area is 142 Å². The van der Waals surface area contributed by atoms with Gasteiger partial charge < -0.3 is 15.5 Å². The summed E-state index contributed by atoms with van der Waals surface area (Å²) < 4.78 is 7.31. The van der Waals surface area contributed by atoms with Crippen molar-refractivity contribution in [1.82, 2.24) is 14.8 Å². The van der Waals surface area contributed by atoms with Crippen LogP contribution in [0.25, 0.3) is 0 Å². The lowest BCUT2D eigenvalue weighted by molar-refractivity contribution is 0.359. The molecule has 0 fully saturated rings. The van der Waals surface area contributed by atoms with E-state index in [1.54, 1.807) is 17.0 Å². The molecule has 0 radical (unpaired) electrons. The highest BCUT2D eigenvalue weighted by Crippen LogP contribution is 2.40. The van der Waals surface area contributed by atoms with Gasteiger partial charge in [-0.2, -0.15) is 4.98 Å². The predicted octanol–water partition coefficient (Wildman–Crippen LogP) is 3.91. The van der Waals surface area contributed by atoms with Crippen LogP contribution in [-0.4, -0.2) is 14.8 Å². The number of hydrogen-bond donors (Lipinski definition) is 2. The van der Waals surface area contributed by atoms with E-state index in [1.807, 2.05) is 24.3 Å². The second-order valence-electron chi connectivity index (χ2n) is 5.37. The van der Waals surface area contributed by atoms with Gasteiger partial charge >= 0.3 is 0 Å². The van der Waals surface area contributed by atoms with Gasteiger partial charge in [0, 0.05) is 16.5 Å². The van der Waals surface area contributed by atoms with Crippen LogP contribution in [0, 0.1) is 0 Å². The molecule has 8 heteroatoms. The number of rotatable bonds is 2.